The zero-order valence-electron chi connectivity index (χ0n) is 16.7. The average Bonchev–Trinajstić information content (AvgIpc) is 3.46. The summed E-state index contributed by atoms with van der Waals surface area (Å²) in [6.07, 6.45) is 0. The van der Waals surface area contributed by atoms with Gasteiger partial charge in [0.05, 0.1) is 11.4 Å². The Morgan fingerprint density at radius 3 is 1.97 bits per heavy atom. The summed E-state index contributed by atoms with van der Waals surface area (Å²) in [6.45, 7) is 2.09. The van der Waals surface area contributed by atoms with Crippen LogP contribution in [0.15, 0.2) is 83.6 Å². The summed E-state index contributed by atoms with van der Waals surface area (Å²) in [5, 5.41) is 10.2. The van der Waals surface area contributed by atoms with Gasteiger partial charge in [0.25, 0.3) is 0 Å². The number of aromatic nitrogens is 2. The summed E-state index contributed by atoms with van der Waals surface area (Å²) in [7, 11) is 0. The number of aryl methyl sites for hydroxylation is 1. The van der Waals surface area contributed by atoms with E-state index in [1.54, 1.807) is 22.7 Å². The molecule has 0 spiro atoms. The predicted octanol–water partition coefficient (Wildman–Crippen LogP) is 8.31. The third-order valence-corrected chi connectivity index (χ3v) is 6.78. The molecule has 1 N–H and O–H groups in total. The molecule has 3 aromatic carbocycles. The topological polar surface area (TPSA) is 37.8 Å². The standard InChI is InChI=1S/C25H18ClN3S2/c1-16-2-4-17(5-3-16)23-15-31-25(29-23)27-21-12-8-18(9-13-21)22-14-30-24(28-22)19-6-10-20(26)11-7-19/h2-15H,1H3,(H,27,29). The maximum Gasteiger partial charge on any atom is 0.187 e. The predicted molar refractivity (Wildman–Crippen MR) is 134 cm³/mol. The summed E-state index contributed by atoms with van der Waals surface area (Å²) < 4.78 is 0. The normalized spacial score (nSPS) is 10.9. The zero-order valence-corrected chi connectivity index (χ0v) is 19.1. The van der Waals surface area contributed by atoms with Crippen molar-refractivity contribution in [1.82, 2.24) is 9.97 Å². The molecule has 3 nitrogen and oxygen atoms in total. The molecule has 0 saturated heterocycles. The Labute approximate surface area is 194 Å². The highest BCUT2D eigenvalue weighted by molar-refractivity contribution is 7.14. The van der Waals surface area contributed by atoms with Gasteiger partial charge in [-0.15, -0.1) is 22.7 Å². The SMILES string of the molecule is Cc1ccc(-c2csc(Nc3ccc(-c4csc(-c5ccc(Cl)cc5)n4)cc3)n2)cc1. The second-order valence-electron chi connectivity index (χ2n) is 7.15. The van der Waals surface area contributed by atoms with Crippen LogP contribution in [0.4, 0.5) is 10.8 Å². The fraction of sp³-hybridized carbons (Fsp3) is 0.0400. The highest BCUT2D eigenvalue weighted by atomic mass is 35.5. The van der Waals surface area contributed by atoms with Crippen molar-refractivity contribution in [3.05, 3.63) is 94.1 Å². The minimum atomic E-state index is 0.731. The van der Waals surface area contributed by atoms with Crippen molar-refractivity contribution in [3.8, 4) is 33.1 Å². The van der Waals surface area contributed by atoms with Gasteiger partial charge in [-0.1, -0.05) is 65.7 Å². The van der Waals surface area contributed by atoms with Crippen molar-refractivity contribution >= 4 is 45.1 Å². The first kappa shape index (κ1) is 19.9. The fourth-order valence-corrected chi connectivity index (χ4v) is 4.87. The molecule has 0 aliphatic carbocycles. The maximum atomic E-state index is 5.98. The van der Waals surface area contributed by atoms with Gasteiger partial charge in [0.2, 0.25) is 0 Å². The molecule has 0 atom stereocenters. The van der Waals surface area contributed by atoms with E-state index in [2.05, 4.69) is 71.5 Å². The number of anilines is 2. The van der Waals surface area contributed by atoms with Crippen LogP contribution < -0.4 is 5.32 Å². The quantitative estimate of drug-likeness (QED) is 0.287. The number of hydrogen-bond donors (Lipinski definition) is 1. The van der Waals surface area contributed by atoms with E-state index in [1.165, 1.54) is 5.56 Å². The van der Waals surface area contributed by atoms with Crippen LogP contribution in [0.1, 0.15) is 5.56 Å². The zero-order chi connectivity index (χ0) is 21.2. The summed E-state index contributed by atoms with van der Waals surface area (Å²) >= 11 is 9.22. The van der Waals surface area contributed by atoms with Gasteiger partial charge in [-0.05, 0) is 31.2 Å². The maximum absolute atomic E-state index is 5.98. The third-order valence-electron chi connectivity index (χ3n) is 4.88. The molecule has 0 bridgehead atoms. The first-order valence-electron chi connectivity index (χ1n) is 9.75. The van der Waals surface area contributed by atoms with E-state index < -0.39 is 0 Å². The average molecular weight is 460 g/mol. The second kappa shape index (κ2) is 8.63. The molecule has 152 valence electrons. The molecule has 6 heteroatoms. The molecule has 0 amide bonds. The third kappa shape index (κ3) is 4.54. The minimum Gasteiger partial charge on any atom is -0.332 e. The highest BCUT2D eigenvalue weighted by Crippen LogP contribution is 2.31. The molecule has 2 aromatic heterocycles. The number of hydrogen-bond acceptors (Lipinski definition) is 5. The number of thiazole rings is 2. The van der Waals surface area contributed by atoms with E-state index in [1.807, 2.05) is 24.3 Å². The molecular weight excluding hydrogens is 442 g/mol. The number of benzene rings is 3. The Morgan fingerprint density at radius 1 is 0.677 bits per heavy atom. The van der Waals surface area contributed by atoms with Crippen molar-refractivity contribution in [2.75, 3.05) is 5.32 Å². The summed E-state index contributed by atoms with van der Waals surface area (Å²) in [5.74, 6) is 0. The summed E-state index contributed by atoms with van der Waals surface area (Å²) in [4.78, 5) is 9.50. The van der Waals surface area contributed by atoms with E-state index in [0.29, 0.717) is 0 Å². The Bertz CT molecular complexity index is 1300. The summed E-state index contributed by atoms with van der Waals surface area (Å²) in [5.41, 5.74) is 7.50. The van der Waals surface area contributed by atoms with Gasteiger partial charge < -0.3 is 5.32 Å². The Hall–Kier alpha value is -2.99. The Morgan fingerprint density at radius 2 is 1.26 bits per heavy atom. The van der Waals surface area contributed by atoms with Gasteiger partial charge in [0.15, 0.2) is 5.13 Å². The number of rotatable bonds is 5. The first-order chi connectivity index (χ1) is 15.1. The van der Waals surface area contributed by atoms with Crippen LogP contribution in [0.2, 0.25) is 5.02 Å². The van der Waals surface area contributed by atoms with Crippen molar-refractivity contribution in [2.24, 2.45) is 0 Å². The monoisotopic (exact) mass is 459 g/mol. The molecule has 0 unspecified atom stereocenters. The van der Waals surface area contributed by atoms with Crippen LogP contribution in [-0.4, -0.2) is 9.97 Å². The van der Waals surface area contributed by atoms with E-state index in [9.17, 15) is 0 Å². The second-order valence-corrected chi connectivity index (χ2v) is 9.30. The van der Waals surface area contributed by atoms with Crippen LogP contribution in [-0.2, 0) is 0 Å². The van der Waals surface area contributed by atoms with Gasteiger partial charge in [-0.25, -0.2) is 9.97 Å². The number of nitrogens with zero attached hydrogens (tertiary/aromatic N) is 2. The summed E-state index contributed by atoms with van der Waals surface area (Å²) in [6, 6.07) is 24.5. The molecule has 0 fully saturated rings. The van der Waals surface area contributed by atoms with Crippen LogP contribution in [0.5, 0.6) is 0 Å². The van der Waals surface area contributed by atoms with Crippen molar-refractivity contribution in [3.63, 3.8) is 0 Å². The lowest BCUT2D eigenvalue weighted by Gasteiger charge is -2.04. The number of nitrogens with one attached hydrogen (secondary N) is 1. The van der Waals surface area contributed by atoms with Crippen LogP contribution in [0, 0.1) is 6.92 Å². The first-order valence-corrected chi connectivity index (χ1v) is 11.9. The molecule has 2 heterocycles. The molecular formula is C25H18ClN3S2. The number of halogens is 1. The van der Waals surface area contributed by atoms with Gasteiger partial charge in [-0.3, -0.25) is 0 Å². The smallest absolute Gasteiger partial charge is 0.187 e. The van der Waals surface area contributed by atoms with Crippen LogP contribution >= 0.6 is 34.3 Å². The molecule has 5 rings (SSSR count). The van der Waals surface area contributed by atoms with Crippen LogP contribution in [0.3, 0.4) is 0 Å². The molecule has 0 aliphatic rings. The van der Waals surface area contributed by atoms with Gasteiger partial charge in [0, 0.05) is 38.2 Å². The fourth-order valence-electron chi connectivity index (χ4n) is 3.17. The molecule has 0 saturated carbocycles. The molecule has 0 aliphatic heterocycles. The largest absolute Gasteiger partial charge is 0.332 e. The van der Waals surface area contributed by atoms with Gasteiger partial charge >= 0.3 is 0 Å². The van der Waals surface area contributed by atoms with Crippen LogP contribution in [0.25, 0.3) is 33.1 Å². The lowest BCUT2D eigenvalue weighted by atomic mass is 10.1. The van der Waals surface area contributed by atoms with Gasteiger partial charge in [-0.2, -0.15) is 0 Å². The Balaban J connectivity index is 1.30. The van der Waals surface area contributed by atoms with Gasteiger partial charge in [0.1, 0.15) is 5.01 Å². The van der Waals surface area contributed by atoms with E-state index in [-0.39, 0.29) is 0 Å². The van der Waals surface area contributed by atoms with Crippen molar-refractivity contribution < 1.29 is 0 Å². The molecule has 31 heavy (non-hydrogen) atoms. The molecule has 0 radical (unpaired) electrons. The lowest BCUT2D eigenvalue weighted by molar-refractivity contribution is 1.37. The van der Waals surface area contributed by atoms with Crippen molar-refractivity contribution in [2.45, 2.75) is 6.92 Å². The lowest BCUT2D eigenvalue weighted by Crippen LogP contribution is -1.90. The van der Waals surface area contributed by atoms with E-state index in [0.717, 1.165) is 48.9 Å². The Kier molecular flexibility index (Phi) is 5.55. The van der Waals surface area contributed by atoms with E-state index in [4.69, 9.17) is 21.6 Å². The molecule has 5 aromatic rings. The van der Waals surface area contributed by atoms with E-state index >= 15 is 0 Å². The van der Waals surface area contributed by atoms with Crippen molar-refractivity contribution in [1.29, 1.82) is 0 Å². The highest BCUT2D eigenvalue weighted by Gasteiger charge is 2.08. The minimum absolute atomic E-state index is 0.731.